The number of carbonyl (C=O) groups is 4. The van der Waals surface area contributed by atoms with Crippen LogP contribution in [0.2, 0.25) is 0 Å². The molecule has 0 aliphatic carbocycles. The number of rotatable bonds is 3. The Bertz CT molecular complexity index is 1510. The summed E-state index contributed by atoms with van der Waals surface area (Å²) < 4.78 is 34.7. The first-order chi connectivity index (χ1) is 18.4. The van der Waals surface area contributed by atoms with Gasteiger partial charge in [0.15, 0.2) is 0 Å². The Balaban J connectivity index is 0.000000448. The molecule has 0 radical (unpaired) electrons. The first-order valence-corrected chi connectivity index (χ1v) is 11.7. The number of aryl methyl sites for hydroxylation is 1. The van der Waals surface area contributed by atoms with Crippen LogP contribution in [0.3, 0.4) is 0 Å². The fourth-order valence-corrected chi connectivity index (χ4v) is 4.34. The molecule has 4 heterocycles. The number of benzene rings is 1. The standard InChI is InChI=1S/C22H22N6O4.C2HF3O2/c1-26-17-10-13(14-3-6-18(24-11-14)27-9-8-23-12-20(27)30)2-4-15(17)28(22(26)32)16-5-7-19(29)25-21(16)31;3-2(4,5)1(6)7/h2-4,6,10-11,16,23H,5,7-9,12H2,1H3,(H,25,29,31);(H,6,7). The van der Waals surface area contributed by atoms with Crippen LogP contribution in [0.5, 0.6) is 0 Å². The van der Waals surface area contributed by atoms with Crippen LogP contribution in [0.4, 0.5) is 19.0 Å². The molecule has 39 heavy (non-hydrogen) atoms. The molecular weight excluding hydrogens is 525 g/mol. The minimum atomic E-state index is -5.08. The van der Waals surface area contributed by atoms with Gasteiger partial charge in [-0.2, -0.15) is 13.2 Å². The van der Waals surface area contributed by atoms with Gasteiger partial charge in [0, 0.05) is 38.3 Å². The number of amides is 3. The lowest BCUT2D eigenvalue weighted by molar-refractivity contribution is -0.192. The van der Waals surface area contributed by atoms with Gasteiger partial charge in [-0.1, -0.05) is 6.07 Å². The van der Waals surface area contributed by atoms with Crippen molar-refractivity contribution in [1.29, 1.82) is 0 Å². The summed E-state index contributed by atoms with van der Waals surface area (Å²) in [4.78, 5) is 63.9. The average Bonchev–Trinajstić information content (AvgIpc) is 3.13. The Labute approximate surface area is 218 Å². The highest BCUT2D eigenvalue weighted by molar-refractivity contribution is 6.00. The van der Waals surface area contributed by atoms with Crippen molar-refractivity contribution in [3.05, 3.63) is 47.0 Å². The number of nitrogens with one attached hydrogen (secondary N) is 2. The zero-order valence-corrected chi connectivity index (χ0v) is 20.5. The number of carbonyl (C=O) groups excluding carboxylic acids is 3. The molecule has 2 aliphatic rings. The third-order valence-corrected chi connectivity index (χ3v) is 6.30. The van der Waals surface area contributed by atoms with E-state index >= 15 is 0 Å². The number of pyridine rings is 1. The number of carboxylic acids is 1. The highest BCUT2D eigenvalue weighted by Crippen LogP contribution is 2.28. The number of anilines is 1. The van der Waals surface area contributed by atoms with Gasteiger partial charge in [-0.25, -0.2) is 14.6 Å². The number of fused-ring (bicyclic) bond motifs is 1. The second-order valence-electron chi connectivity index (χ2n) is 8.81. The van der Waals surface area contributed by atoms with Crippen LogP contribution >= 0.6 is 0 Å². The molecule has 3 amide bonds. The van der Waals surface area contributed by atoms with Gasteiger partial charge in [0.05, 0.1) is 17.6 Å². The third kappa shape index (κ3) is 5.67. The summed E-state index contributed by atoms with van der Waals surface area (Å²) in [6, 6.07) is 8.56. The maximum absolute atomic E-state index is 12.9. The summed E-state index contributed by atoms with van der Waals surface area (Å²) in [6.07, 6.45) is -2.88. The van der Waals surface area contributed by atoms with Crippen LogP contribution in [0.25, 0.3) is 22.2 Å². The fraction of sp³-hybridized carbons (Fsp3) is 0.333. The summed E-state index contributed by atoms with van der Waals surface area (Å²) in [5.74, 6) is -2.93. The van der Waals surface area contributed by atoms with Crippen molar-refractivity contribution in [1.82, 2.24) is 24.8 Å². The molecule has 0 saturated carbocycles. The largest absolute Gasteiger partial charge is 0.490 e. The van der Waals surface area contributed by atoms with Crippen molar-refractivity contribution in [2.45, 2.75) is 25.1 Å². The summed E-state index contributed by atoms with van der Waals surface area (Å²) in [5.41, 5.74) is 2.71. The number of hydrogen-bond acceptors (Lipinski definition) is 7. The third-order valence-electron chi connectivity index (χ3n) is 6.30. The summed E-state index contributed by atoms with van der Waals surface area (Å²) in [6.45, 7) is 1.61. The Morgan fingerprint density at radius 1 is 1.08 bits per heavy atom. The molecule has 1 atom stereocenters. The number of imide groups is 1. The van der Waals surface area contributed by atoms with Gasteiger partial charge < -0.3 is 10.4 Å². The number of piperidine rings is 1. The van der Waals surface area contributed by atoms with Crippen LogP contribution in [0.15, 0.2) is 41.3 Å². The molecule has 1 aromatic carbocycles. The molecule has 2 aromatic heterocycles. The Morgan fingerprint density at radius 2 is 1.77 bits per heavy atom. The first kappa shape index (κ1) is 27.5. The molecular formula is C24H23F3N6O6. The molecule has 5 rings (SSSR count). The van der Waals surface area contributed by atoms with E-state index in [0.717, 1.165) is 17.7 Å². The van der Waals surface area contributed by atoms with E-state index in [1.807, 2.05) is 30.3 Å². The van der Waals surface area contributed by atoms with Crippen molar-refractivity contribution < 1.29 is 37.5 Å². The number of piperazine rings is 1. The van der Waals surface area contributed by atoms with Gasteiger partial charge in [0.25, 0.3) is 0 Å². The highest BCUT2D eigenvalue weighted by Gasteiger charge is 2.38. The second kappa shape index (κ2) is 10.7. The smallest absolute Gasteiger partial charge is 0.475 e. The van der Waals surface area contributed by atoms with Crippen LogP contribution in [0, 0.1) is 0 Å². The van der Waals surface area contributed by atoms with E-state index < -0.39 is 24.1 Å². The summed E-state index contributed by atoms with van der Waals surface area (Å²) >= 11 is 0. The summed E-state index contributed by atoms with van der Waals surface area (Å²) in [5, 5.41) is 12.5. The van der Waals surface area contributed by atoms with E-state index in [1.54, 1.807) is 18.1 Å². The van der Waals surface area contributed by atoms with E-state index in [4.69, 9.17) is 9.90 Å². The van der Waals surface area contributed by atoms with E-state index in [9.17, 15) is 32.3 Å². The molecule has 206 valence electrons. The average molecular weight is 548 g/mol. The lowest BCUT2D eigenvalue weighted by Crippen LogP contribution is -2.48. The molecule has 12 nitrogen and oxygen atoms in total. The minimum absolute atomic E-state index is 0.0114. The Hall–Kier alpha value is -4.53. The van der Waals surface area contributed by atoms with E-state index in [1.165, 1.54) is 9.13 Å². The maximum Gasteiger partial charge on any atom is 0.490 e. The molecule has 15 heteroatoms. The SMILES string of the molecule is Cn1c(=O)n(C2CCC(=O)NC2=O)c2ccc(-c3ccc(N4CCNCC4=O)nc3)cc21.O=C(O)C(F)(F)F. The van der Waals surface area contributed by atoms with Gasteiger partial charge >= 0.3 is 17.8 Å². The lowest BCUT2D eigenvalue weighted by Gasteiger charge is -2.26. The van der Waals surface area contributed by atoms with Crippen molar-refractivity contribution >= 4 is 40.5 Å². The van der Waals surface area contributed by atoms with Crippen molar-refractivity contribution in [2.75, 3.05) is 24.5 Å². The van der Waals surface area contributed by atoms with Gasteiger partial charge in [-0.15, -0.1) is 0 Å². The number of carboxylic acid groups (broad SMARTS) is 1. The number of halogens is 3. The number of aromatic nitrogens is 3. The van der Waals surface area contributed by atoms with Crippen LogP contribution in [0.1, 0.15) is 18.9 Å². The number of imidazole rings is 1. The normalized spacial score (nSPS) is 18.0. The zero-order valence-electron chi connectivity index (χ0n) is 20.5. The van der Waals surface area contributed by atoms with Gasteiger partial charge in [0.2, 0.25) is 17.7 Å². The molecule has 1 unspecified atom stereocenters. The van der Waals surface area contributed by atoms with Crippen molar-refractivity contribution in [3.63, 3.8) is 0 Å². The first-order valence-electron chi connectivity index (χ1n) is 11.7. The Morgan fingerprint density at radius 3 is 2.36 bits per heavy atom. The van der Waals surface area contributed by atoms with Crippen LogP contribution < -0.4 is 21.2 Å². The van der Waals surface area contributed by atoms with Crippen LogP contribution in [-0.4, -0.2) is 68.7 Å². The van der Waals surface area contributed by atoms with Crippen molar-refractivity contribution in [2.24, 2.45) is 7.05 Å². The minimum Gasteiger partial charge on any atom is -0.475 e. The Kier molecular flexibility index (Phi) is 7.53. The molecule has 3 aromatic rings. The molecule has 0 bridgehead atoms. The lowest BCUT2D eigenvalue weighted by atomic mass is 10.0. The van der Waals surface area contributed by atoms with Crippen molar-refractivity contribution in [3.8, 4) is 11.1 Å². The van der Waals surface area contributed by atoms with Gasteiger partial charge in [0.1, 0.15) is 11.9 Å². The summed E-state index contributed by atoms with van der Waals surface area (Å²) in [7, 11) is 1.66. The number of hydrogen-bond donors (Lipinski definition) is 3. The van der Waals surface area contributed by atoms with Gasteiger partial charge in [-0.3, -0.25) is 33.7 Å². The highest BCUT2D eigenvalue weighted by atomic mass is 19.4. The maximum atomic E-state index is 12.9. The predicted molar refractivity (Wildman–Crippen MR) is 131 cm³/mol. The van der Waals surface area contributed by atoms with Gasteiger partial charge in [-0.05, 0) is 36.2 Å². The van der Waals surface area contributed by atoms with E-state index in [0.29, 0.717) is 36.4 Å². The predicted octanol–water partition coefficient (Wildman–Crippen LogP) is 0.949. The fourth-order valence-electron chi connectivity index (χ4n) is 4.34. The molecule has 2 fully saturated rings. The topological polar surface area (TPSA) is 156 Å². The zero-order chi connectivity index (χ0) is 28.5. The number of alkyl halides is 3. The second-order valence-corrected chi connectivity index (χ2v) is 8.81. The number of aliphatic carboxylic acids is 1. The number of nitrogens with zero attached hydrogens (tertiary/aromatic N) is 4. The monoisotopic (exact) mass is 548 g/mol. The molecule has 0 spiro atoms. The molecule has 3 N–H and O–H groups in total. The van der Waals surface area contributed by atoms with Crippen LogP contribution in [-0.2, 0) is 26.2 Å². The van der Waals surface area contributed by atoms with E-state index in [2.05, 4.69) is 15.6 Å². The molecule has 2 saturated heterocycles. The quantitative estimate of drug-likeness (QED) is 0.409. The molecule has 2 aliphatic heterocycles. The van der Waals surface area contributed by atoms with E-state index in [-0.39, 0.29) is 23.9 Å².